The number of rotatable bonds is 3. The lowest BCUT2D eigenvalue weighted by Gasteiger charge is -2.01. The van der Waals surface area contributed by atoms with Crippen LogP contribution >= 0.6 is 0 Å². The highest BCUT2D eigenvalue weighted by molar-refractivity contribution is 5.92. The minimum absolute atomic E-state index is 0.922. The summed E-state index contributed by atoms with van der Waals surface area (Å²) in [5.41, 5.74) is 4.46. The second-order valence-electron chi connectivity index (χ2n) is 4.74. The summed E-state index contributed by atoms with van der Waals surface area (Å²) >= 11 is 0. The van der Waals surface area contributed by atoms with Crippen molar-refractivity contribution in [2.75, 3.05) is 0 Å². The first-order chi connectivity index (χ1) is 9.79. The van der Waals surface area contributed by atoms with Crippen LogP contribution in [0.25, 0.3) is 28.2 Å². The molecule has 1 heterocycles. The van der Waals surface area contributed by atoms with Gasteiger partial charge in [-0.2, -0.15) is 0 Å². The number of aryl methyl sites for hydroxylation is 1. The average Bonchev–Trinajstić information content (AvgIpc) is 2.80. The second-order valence-corrected chi connectivity index (χ2v) is 4.74. The molecule has 0 radical (unpaired) electrons. The van der Waals surface area contributed by atoms with E-state index in [1.807, 2.05) is 31.2 Å². The smallest absolute Gasteiger partial charge is 0.134 e. The number of benzene rings is 2. The van der Waals surface area contributed by atoms with Crippen molar-refractivity contribution in [3.8, 4) is 11.1 Å². The van der Waals surface area contributed by atoms with E-state index in [0.29, 0.717) is 0 Å². The molecule has 2 aromatic carbocycles. The van der Waals surface area contributed by atoms with Crippen LogP contribution in [0.1, 0.15) is 11.3 Å². The molecule has 0 amide bonds. The van der Waals surface area contributed by atoms with Crippen molar-refractivity contribution in [1.82, 2.24) is 0 Å². The Morgan fingerprint density at radius 2 is 1.80 bits per heavy atom. The maximum atomic E-state index is 5.80. The molecule has 0 saturated carbocycles. The van der Waals surface area contributed by atoms with Gasteiger partial charge >= 0.3 is 0 Å². The summed E-state index contributed by atoms with van der Waals surface area (Å²) in [6, 6.07) is 16.7. The van der Waals surface area contributed by atoms with Crippen molar-refractivity contribution in [2.45, 2.75) is 6.92 Å². The fourth-order valence-corrected chi connectivity index (χ4v) is 2.42. The molecule has 0 atom stereocenters. The summed E-state index contributed by atoms with van der Waals surface area (Å²) in [7, 11) is 0. The lowest BCUT2D eigenvalue weighted by Crippen LogP contribution is -1.78. The zero-order valence-electron chi connectivity index (χ0n) is 11.5. The first-order valence-corrected chi connectivity index (χ1v) is 6.67. The summed E-state index contributed by atoms with van der Waals surface area (Å²) in [6.07, 6.45) is 5.76. The van der Waals surface area contributed by atoms with Gasteiger partial charge < -0.3 is 4.42 Å². The van der Waals surface area contributed by atoms with E-state index in [-0.39, 0.29) is 0 Å². The number of hydrogen-bond acceptors (Lipinski definition) is 1. The Labute approximate surface area is 118 Å². The van der Waals surface area contributed by atoms with Gasteiger partial charge in [0, 0.05) is 10.9 Å². The fourth-order valence-electron chi connectivity index (χ4n) is 2.42. The van der Waals surface area contributed by atoms with E-state index in [9.17, 15) is 0 Å². The van der Waals surface area contributed by atoms with Gasteiger partial charge in [-0.25, -0.2) is 0 Å². The summed E-state index contributed by atoms with van der Waals surface area (Å²) in [4.78, 5) is 0. The van der Waals surface area contributed by atoms with Gasteiger partial charge in [0.25, 0.3) is 0 Å². The minimum Gasteiger partial charge on any atom is -0.461 e. The van der Waals surface area contributed by atoms with Crippen LogP contribution in [0.5, 0.6) is 0 Å². The Balaban J connectivity index is 2.19. The molecular formula is C19H16O. The van der Waals surface area contributed by atoms with Crippen LogP contribution in [0.3, 0.4) is 0 Å². The second kappa shape index (κ2) is 5.22. The summed E-state index contributed by atoms with van der Waals surface area (Å²) in [5, 5.41) is 1.14. The zero-order chi connectivity index (χ0) is 13.9. The van der Waals surface area contributed by atoms with Gasteiger partial charge in [-0.1, -0.05) is 61.2 Å². The van der Waals surface area contributed by atoms with Crippen molar-refractivity contribution in [3.05, 3.63) is 78.6 Å². The number of fused-ring (bicyclic) bond motifs is 1. The van der Waals surface area contributed by atoms with Crippen molar-refractivity contribution in [2.24, 2.45) is 0 Å². The molecule has 3 rings (SSSR count). The van der Waals surface area contributed by atoms with Gasteiger partial charge in [0.2, 0.25) is 0 Å². The molecule has 1 heteroatoms. The molecule has 0 aliphatic carbocycles. The molecule has 0 aliphatic rings. The van der Waals surface area contributed by atoms with Crippen molar-refractivity contribution in [1.29, 1.82) is 0 Å². The normalized spacial score (nSPS) is 11.2. The van der Waals surface area contributed by atoms with Crippen molar-refractivity contribution >= 4 is 17.0 Å². The predicted octanol–water partition coefficient (Wildman–Crippen LogP) is 5.61. The van der Waals surface area contributed by atoms with Crippen LogP contribution in [0.15, 0.2) is 71.7 Å². The fraction of sp³-hybridized carbons (Fsp3) is 0.0526. The van der Waals surface area contributed by atoms with Crippen LogP contribution in [0, 0.1) is 6.92 Å². The topological polar surface area (TPSA) is 13.1 Å². The SMILES string of the molecule is C=C/C=C\c1c(C)oc2ccc(-c3ccccc3)cc12. The van der Waals surface area contributed by atoms with E-state index in [0.717, 1.165) is 22.3 Å². The van der Waals surface area contributed by atoms with Crippen LogP contribution in [-0.4, -0.2) is 0 Å². The highest BCUT2D eigenvalue weighted by atomic mass is 16.3. The molecule has 0 fully saturated rings. The summed E-state index contributed by atoms with van der Waals surface area (Å²) in [6.45, 7) is 5.71. The average molecular weight is 260 g/mol. The quantitative estimate of drug-likeness (QED) is 0.558. The Kier molecular flexibility index (Phi) is 3.26. The van der Waals surface area contributed by atoms with Gasteiger partial charge in [0.15, 0.2) is 0 Å². The molecule has 98 valence electrons. The molecule has 1 aromatic heterocycles. The van der Waals surface area contributed by atoms with Gasteiger partial charge in [0.05, 0.1) is 0 Å². The molecule has 1 nitrogen and oxygen atoms in total. The predicted molar refractivity (Wildman–Crippen MR) is 85.6 cm³/mol. The Bertz CT molecular complexity index is 776. The van der Waals surface area contributed by atoms with Crippen LogP contribution in [0.4, 0.5) is 0 Å². The Hall–Kier alpha value is -2.54. The van der Waals surface area contributed by atoms with Crippen molar-refractivity contribution < 1.29 is 4.42 Å². The lowest BCUT2D eigenvalue weighted by atomic mass is 10.0. The van der Waals surface area contributed by atoms with E-state index in [4.69, 9.17) is 4.42 Å². The van der Waals surface area contributed by atoms with Crippen LogP contribution in [0.2, 0.25) is 0 Å². The zero-order valence-corrected chi connectivity index (χ0v) is 11.5. The first kappa shape index (κ1) is 12.5. The Morgan fingerprint density at radius 3 is 2.55 bits per heavy atom. The molecule has 0 unspecified atom stereocenters. The van der Waals surface area contributed by atoms with Gasteiger partial charge in [-0.15, -0.1) is 0 Å². The molecule has 0 bridgehead atoms. The first-order valence-electron chi connectivity index (χ1n) is 6.67. The van der Waals surface area contributed by atoms with E-state index in [1.54, 1.807) is 6.08 Å². The number of hydrogen-bond donors (Lipinski definition) is 0. The maximum absolute atomic E-state index is 5.80. The number of furan rings is 1. The maximum Gasteiger partial charge on any atom is 0.134 e. The molecule has 0 spiro atoms. The number of allylic oxidation sites excluding steroid dienone is 2. The molecule has 0 aliphatic heterocycles. The van der Waals surface area contributed by atoms with E-state index in [1.165, 1.54) is 11.1 Å². The van der Waals surface area contributed by atoms with Crippen LogP contribution in [-0.2, 0) is 0 Å². The Morgan fingerprint density at radius 1 is 1.00 bits per heavy atom. The molecular weight excluding hydrogens is 244 g/mol. The van der Waals surface area contributed by atoms with Gasteiger partial charge in [-0.05, 0) is 30.2 Å². The third-order valence-corrected chi connectivity index (χ3v) is 3.42. The van der Waals surface area contributed by atoms with Gasteiger partial charge in [-0.3, -0.25) is 0 Å². The van der Waals surface area contributed by atoms with Crippen LogP contribution < -0.4 is 0 Å². The molecule has 0 saturated heterocycles. The van der Waals surface area contributed by atoms with E-state index in [2.05, 4.69) is 43.0 Å². The largest absolute Gasteiger partial charge is 0.461 e. The highest BCUT2D eigenvalue weighted by Gasteiger charge is 2.09. The molecule has 20 heavy (non-hydrogen) atoms. The van der Waals surface area contributed by atoms with E-state index < -0.39 is 0 Å². The van der Waals surface area contributed by atoms with Gasteiger partial charge in [0.1, 0.15) is 11.3 Å². The summed E-state index contributed by atoms with van der Waals surface area (Å²) in [5.74, 6) is 0.934. The van der Waals surface area contributed by atoms with Crippen molar-refractivity contribution in [3.63, 3.8) is 0 Å². The van der Waals surface area contributed by atoms with E-state index >= 15 is 0 Å². The summed E-state index contributed by atoms with van der Waals surface area (Å²) < 4.78 is 5.80. The minimum atomic E-state index is 0.922. The lowest BCUT2D eigenvalue weighted by molar-refractivity contribution is 0.577. The molecule has 3 aromatic rings. The third-order valence-electron chi connectivity index (χ3n) is 3.42. The third kappa shape index (κ3) is 2.19. The molecule has 0 N–H and O–H groups in total. The highest BCUT2D eigenvalue weighted by Crippen LogP contribution is 2.31. The monoisotopic (exact) mass is 260 g/mol. The standard InChI is InChI=1S/C19H16O/c1-3-4-10-17-14(2)20-19-12-11-16(13-18(17)19)15-8-6-5-7-9-15/h3-13H,1H2,2H3/b10-4-.